The highest BCUT2D eigenvalue weighted by Crippen LogP contribution is 2.20. The van der Waals surface area contributed by atoms with Crippen LogP contribution in [0.25, 0.3) is 0 Å². The minimum Gasteiger partial charge on any atom is -0.342 e. The summed E-state index contributed by atoms with van der Waals surface area (Å²) in [6.45, 7) is 0.189. The van der Waals surface area contributed by atoms with E-state index in [0.717, 1.165) is 0 Å². The van der Waals surface area contributed by atoms with Crippen molar-refractivity contribution in [2.75, 3.05) is 24.6 Å². The summed E-state index contributed by atoms with van der Waals surface area (Å²) in [5.41, 5.74) is 0. The Labute approximate surface area is 105 Å². The monoisotopic (exact) mass is 303 g/mol. The van der Waals surface area contributed by atoms with E-state index in [2.05, 4.69) is 0 Å². The van der Waals surface area contributed by atoms with E-state index in [-0.39, 0.29) is 31.8 Å². The number of hydrogen-bond donors (Lipinski definition) is 1. The maximum absolute atomic E-state index is 12.4. The molecule has 7 nitrogen and oxygen atoms in total. The van der Waals surface area contributed by atoms with Crippen LogP contribution >= 0.6 is 0 Å². The molecule has 0 radical (unpaired) electrons. The maximum Gasteiger partial charge on any atom is 0.302 e. The third-order valence-electron chi connectivity index (χ3n) is 2.56. The van der Waals surface area contributed by atoms with Crippen molar-refractivity contribution in [3.8, 4) is 0 Å². The van der Waals surface area contributed by atoms with Crippen LogP contribution in [0.4, 0.5) is 3.89 Å². The molecule has 0 aromatic carbocycles. The van der Waals surface area contributed by atoms with Gasteiger partial charge in [0.1, 0.15) is 0 Å². The van der Waals surface area contributed by atoms with Crippen LogP contribution in [0, 0.1) is 5.92 Å². The van der Waals surface area contributed by atoms with Gasteiger partial charge in [-0.15, -0.1) is 3.89 Å². The van der Waals surface area contributed by atoms with Gasteiger partial charge >= 0.3 is 10.2 Å². The van der Waals surface area contributed by atoms with E-state index >= 15 is 0 Å². The lowest BCUT2D eigenvalue weighted by Crippen LogP contribution is -2.28. The number of nitrogens with zero attached hydrogens (tertiary/aromatic N) is 1. The molecule has 0 aromatic heterocycles. The predicted octanol–water partition coefficient (Wildman–Crippen LogP) is -0.588. The largest absolute Gasteiger partial charge is 0.342 e. The molecule has 1 aliphatic heterocycles. The van der Waals surface area contributed by atoms with Crippen molar-refractivity contribution < 1.29 is 30.1 Å². The van der Waals surface area contributed by atoms with Gasteiger partial charge in [-0.2, -0.15) is 16.8 Å². The second kappa shape index (κ2) is 5.49. The minimum absolute atomic E-state index is 0.0552. The number of rotatable bonds is 6. The lowest BCUT2D eigenvalue weighted by molar-refractivity contribution is -0.127. The van der Waals surface area contributed by atoms with Crippen LogP contribution in [-0.2, 0) is 25.1 Å². The lowest BCUT2D eigenvalue weighted by Gasteiger charge is -2.15. The van der Waals surface area contributed by atoms with E-state index in [4.69, 9.17) is 4.55 Å². The van der Waals surface area contributed by atoms with Crippen molar-refractivity contribution in [3.05, 3.63) is 0 Å². The van der Waals surface area contributed by atoms with Gasteiger partial charge in [-0.1, -0.05) is 0 Å². The van der Waals surface area contributed by atoms with E-state index in [1.807, 2.05) is 0 Å². The normalized spacial score (nSPS) is 21.6. The van der Waals surface area contributed by atoms with Crippen molar-refractivity contribution in [2.45, 2.75) is 12.8 Å². The van der Waals surface area contributed by atoms with Crippen LogP contribution in [-0.4, -0.2) is 56.8 Å². The molecule has 0 bridgehead atoms. The number of halogens is 1. The molecule has 1 rings (SSSR count). The molecule has 1 unspecified atom stereocenters. The first kappa shape index (κ1) is 15.3. The molecule has 1 aliphatic rings. The molecule has 0 aromatic rings. The van der Waals surface area contributed by atoms with Gasteiger partial charge < -0.3 is 4.90 Å². The highest BCUT2D eigenvalue weighted by atomic mass is 32.3. The first-order chi connectivity index (χ1) is 8.07. The number of likely N-dealkylation sites (tertiary alicyclic amines) is 1. The third-order valence-corrected chi connectivity index (χ3v) is 4.23. The Bertz CT molecular complexity index is 514. The molecule has 18 heavy (non-hydrogen) atoms. The lowest BCUT2D eigenvalue weighted by atomic mass is 10.1. The number of carbonyl (C=O) groups excluding carboxylic acids is 1. The number of hydrogen-bond acceptors (Lipinski definition) is 5. The zero-order valence-electron chi connectivity index (χ0n) is 9.45. The van der Waals surface area contributed by atoms with E-state index in [9.17, 15) is 25.5 Å². The molecule has 1 amide bonds. The average molecular weight is 303 g/mol. The maximum atomic E-state index is 12.4. The fraction of sp³-hybridized carbons (Fsp3) is 0.875. The van der Waals surface area contributed by atoms with Crippen LogP contribution in [0.5, 0.6) is 0 Å². The summed E-state index contributed by atoms with van der Waals surface area (Å²) in [6, 6.07) is 0. The molecule has 106 valence electrons. The minimum atomic E-state index is -4.61. The second-order valence-corrected chi connectivity index (χ2v) is 7.24. The summed E-state index contributed by atoms with van der Waals surface area (Å²) in [4.78, 5) is 12.7. The van der Waals surface area contributed by atoms with Gasteiger partial charge in [0.2, 0.25) is 5.91 Å². The summed E-state index contributed by atoms with van der Waals surface area (Å²) in [6.07, 6.45) is -0.00526. The van der Waals surface area contributed by atoms with Gasteiger partial charge in [-0.05, 0) is 6.42 Å². The highest BCUT2D eigenvalue weighted by Gasteiger charge is 2.32. The summed E-state index contributed by atoms with van der Waals surface area (Å²) >= 11 is 0. The standard InChI is InChI=1S/C8H14FNO6S2/c9-17(12,13)6-7-4-8(11)10(5-7)2-1-3-18(14,15)16/h7H,1-6H2,(H,14,15,16). The van der Waals surface area contributed by atoms with E-state index in [1.54, 1.807) is 0 Å². The summed E-state index contributed by atoms with van der Waals surface area (Å²) in [5, 5.41) is 0. The van der Waals surface area contributed by atoms with Crippen LogP contribution in [0.3, 0.4) is 0 Å². The molecule has 1 N–H and O–H groups in total. The van der Waals surface area contributed by atoms with Crippen LogP contribution < -0.4 is 0 Å². The van der Waals surface area contributed by atoms with Gasteiger partial charge in [0.25, 0.3) is 10.1 Å². The van der Waals surface area contributed by atoms with Crippen LogP contribution in [0.1, 0.15) is 12.8 Å². The molecule has 1 heterocycles. The van der Waals surface area contributed by atoms with E-state index < -0.39 is 37.8 Å². The van der Waals surface area contributed by atoms with Gasteiger partial charge in [0.05, 0.1) is 11.5 Å². The Balaban J connectivity index is 2.43. The summed E-state index contributed by atoms with van der Waals surface area (Å²) in [5.74, 6) is -2.10. The number of amides is 1. The smallest absolute Gasteiger partial charge is 0.302 e. The molecule has 1 atom stereocenters. The summed E-state index contributed by atoms with van der Waals surface area (Å²) < 4.78 is 62.7. The Kier molecular flexibility index (Phi) is 4.67. The van der Waals surface area contributed by atoms with Crippen LogP contribution in [0.2, 0.25) is 0 Å². The fourth-order valence-electron chi connectivity index (χ4n) is 1.90. The summed E-state index contributed by atoms with van der Waals surface area (Å²) in [7, 11) is -8.68. The third kappa shape index (κ3) is 5.74. The molecular formula is C8H14FNO6S2. The molecule has 10 heteroatoms. The molecular weight excluding hydrogens is 289 g/mol. The van der Waals surface area contributed by atoms with Crippen molar-refractivity contribution in [1.29, 1.82) is 0 Å². The van der Waals surface area contributed by atoms with Gasteiger partial charge in [0.15, 0.2) is 0 Å². The Hall–Kier alpha value is -0.740. The second-order valence-electron chi connectivity index (χ2n) is 4.26. The molecule has 0 spiro atoms. The fourth-order valence-corrected chi connectivity index (χ4v) is 3.18. The Morgan fingerprint density at radius 3 is 2.44 bits per heavy atom. The van der Waals surface area contributed by atoms with E-state index in [1.165, 1.54) is 4.90 Å². The zero-order valence-corrected chi connectivity index (χ0v) is 11.1. The molecule has 0 aliphatic carbocycles. The SMILES string of the molecule is O=C1CC(CS(=O)(=O)F)CN1CCCS(=O)(=O)O. The quantitative estimate of drug-likeness (QED) is 0.519. The van der Waals surface area contributed by atoms with E-state index in [0.29, 0.717) is 0 Å². The molecule has 1 saturated heterocycles. The van der Waals surface area contributed by atoms with Gasteiger partial charge in [-0.3, -0.25) is 9.35 Å². The first-order valence-corrected chi connectivity index (χ1v) is 8.38. The topological polar surface area (TPSA) is 109 Å². The van der Waals surface area contributed by atoms with Gasteiger partial charge in [0, 0.05) is 25.4 Å². The van der Waals surface area contributed by atoms with Crippen LogP contribution in [0.15, 0.2) is 0 Å². The van der Waals surface area contributed by atoms with Crippen molar-refractivity contribution in [3.63, 3.8) is 0 Å². The van der Waals surface area contributed by atoms with Crippen molar-refractivity contribution in [2.24, 2.45) is 5.92 Å². The molecule has 0 saturated carbocycles. The Morgan fingerprint density at radius 2 is 1.94 bits per heavy atom. The average Bonchev–Trinajstić information content (AvgIpc) is 2.41. The van der Waals surface area contributed by atoms with Crippen molar-refractivity contribution >= 4 is 26.2 Å². The Morgan fingerprint density at radius 1 is 1.33 bits per heavy atom. The number of carbonyl (C=O) groups is 1. The van der Waals surface area contributed by atoms with Crippen molar-refractivity contribution in [1.82, 2.24) is 4.90 Å². The van der Waals surface area contributed by atoms with Gasteiger partial charge in [-0.25, -0.2) is 0 Å². The highest BCUT2D eigenvalue weighted by molar-refractivity contribution is 7.86. The predicted molar refractivity (Wildman–Crippen MR) is 60.6 cm³/mol. The zero-order chi connectivity index (χ0) is 14.0. The first-order valence-electron chi connectivity index (χ1n) is 5.22. The molecule has 1 fully saturated rings.